The normalized spacial score (nSPS) is 11.2. The summed E-state index contributed by atoms with van der Waals surface area (Å²) in [6, 6.07) is 5.84. The number of alkyl halides is 2. The minimum atomic E-state index is -3.01. The standard InChI is InChI=1S/C16H18F3N3OS.HI/c1-10-6-7-24-14(10)9-22-16(20-2)21-8-11-12(17)4-3-5-13(11)23-15(18)19;/h3-7,15H,8-9H2,1-2H3,(H2,20,21,22);1H. The number of thiophene rings is 1. The maximum absolute atomic E-state index is 13.9. The van der Waals surface area contributed by atoms with Crippen molar-refractivity contribution in [3.63, 3.8) is 0 Å². The van der Waals surface area contributed by atoms with Gasteiger partial charge in [-0.25, -0.2) is 4.39 Å². The second kappa shape index (κ2) is 10.5. The summed E-state index contributed by atoms with van der Waals surface area (Å²) in [6.45, 7) is -0.458. The highest BCUT2D eigenvalue weighted by Crippen LogP contribution is 2.23. The van der Waals surface area contributed by atoms with E-state index in [4.69, 9.17) is 0 Å². The summed E-state index contributed by atoms with van der Waals surface area (Å²) in [4.78, 5) is 5.20. The van der Waals surface area contributed by atoms with Crippen LogP contribution in [-0.2, 0) is 13.1 Å². The molecule has 0 aliphatic rings. The van der Waals surface area contributed by atoms with Gasteiger partial charge < -0.3 is 15.4 Å². The Bertz CT molecular complexity index is 710. The number of rotatable bonds is 6. The zero-order valence-corrected chi connectivity index (χ0v) is 16.8. The molecule has 1 aromatic heterocycles. The first-order valence-electron chi connectivity index (χ1n) is 7.21. The summed E-state index contributed by atoms with van der Waals surface area (Å²) in [5.41, 5.74) is 1.19. The molecule has 0 unspecified atom stereocenters. The first-order valence-corrected chi connectivity index (χ1v) is 8.09. The van der Waals surface area contributed by atoms with E-state index < -0.39 is 12.4 Å². The summed E-state index contributed by atoms with van der Waals surface area (Å²) in [6.07, 6.45) is 0. The average Bonchev–Trinajstić information content (AvgIpc) is 2.94. The van der Waals surface area contributed by atoms with Crippen LogP contribution in [-0.4, -0.2) is 19.6 Å². The van der Waals surface area contributed by atoms with Crippen LogP contribution in [0.5, 0.6) is 5.75 Å². The molecule has 4 nitrogen and oxygen atoms in total. The molecule has 1 heterocycles. The minimum absolute atomic E-state index is 0. The molecule has 0 fully saturated rings. The first-order chi connectivity index (χ1) is 11.5. The predicted molar refractivity (Wildman–Crippen MR) is 105 cm³/mol. The lowest BCUT2D eigenvalue weighted by atomic mass is 10.2. The van der Waals surface area contributed by atoms with E-state index in [1.54, 1.807) is 18.4 Å². The minimum Gasteiger partial charge on any atom is -0.434 e. The van der Waals surface area contributed by atoms with E-state index in [1.807, 2.05) is 18.4 Å². The highest BCUT2D eigenvalue weighted by atomic mass is 127. The van der Waals surface area contributed by atoms with Crippen LogP contribution in [0.25, 0.3) is 0 Å². The van der Waals surface area contributed by atoms with Crippen LogP contribution in [0.3, 0.4) is 0 Å². The SMILES string of the molecule is CN=C(NCc1sccc1C)NCc1c(F)cccc1OC(F)F.I. The van der Waals surface area contributed by atoms with Crippen LogP contribution in [0.15, 0.2) is 34.6 Å². The monoisotopic (exact) mass is 485 g/mol. The van der Waals surface area contributed by atoms with Crippen molar-refractivity contribution in [2.24, 2.45) is 4.99 Å². The number of nitrogens with zero attached hydrogens (tertiary/aromatic N) is 1. The Labute approximate surface area is 165 Å². The van der Waals surface area contributed by atoms with Gasteiger partial charge in [-0.1, -0.05) is 6.07 Å². The Hall–Kier alpha value is -1.49. The van der Waals surface area contributed by atoms with Gasteiger partial charge in [0.15, 0.2) is 5.96 Å². The Morgan fingerprint density at radius 2 is 1.96 bits per heavy atom. The van der Waals surface area contributed by atoms with E-state index >= 15 is 0 Å². The lowest BCUT2D eigenvalue weighted by Gasteiger charge is -2.15. The molecule has 0 radical (unpaired) electrons. The van der Waals surface area contributed by atoms with Crippen LogP contribution in [0.4, 0.5) is 13.2 Å². The van der Waals surface area contributed by atoms with E-state index in [1.165, 1.54) is 23.8 Å². The fourth-order valence-electron chi connectivity index (χ4n) is 2.06. The maximum atomic E-state index is 13.9. The summed E-state index contributed by atoms with van der Waals surface area (Å²) < 4.78 is 43.1. The average molecular weight is 485 g/mol. The van der Waals surface area contributed by atoms with E-state index in [9.17, 15) is 13.2 Å². The molecule has 25 heavy (non-hydrogen) atoms. The molecule has 9 heteroatoms. The fraction of sp³-hybridized carbons (Fsp3) is 0.312. The fourth-order valence-corrected chi connectivity index (χ4v) is 2.90. The van der Waals surface area contributed by atoms with Gasteiger partial charge in [0, 0.05) is 24.0 Å². The second-order valence-electron chi connectivity index (χ2n) is 4.90. The molecule has 138 valence electrons. The zero-order chi connectivity index (χ0) is 17.5. The lowest BCUT2D eigenvalue weighted by Crippen LogP contribution is -2.36. The van der Waals surface area contributed by atoms with Crippen molar-refractivity contribution < 1.29 is 17.9 Å². The molecule has 2 N–H and O–H groups in total. The Kier molecular flexibility index (Phi) is 9.04. The molecule has 0 bridgehead atoms. The Balaban J connectivity index is 0.00000312. The maximum Gasteiger partial charge on any atom is 0.387 e. The van der Waals surface area contributed by atoms with Gasteiger partial charge in [0.25, 0.3) is 0 Å². The summed E-state index contributed by atoms with van der Waals surface area (Å²) in [5.74, 6) is -0.374. The first kappa shape index (κ1) is 21.6. The molecular weight excluding hydrogens is 466 g/mol. The van der Waals surface area contributed by atoms with Gasteiger partial charge in [-0.15, -0.1) is 35.3 Å². The molecule has 2 rings (SSSR count). The number of hydrogen-bond donors (Lipinski definition) is 2. The second-order valence-corrected chi connectivity index (χ2v) is 5.90. The van der Waals surface area contributed by atoms with Gasteiger partial charge in [0.1, 0.15) is 11.6 Å². The summed E-state index contributed by atoms with van der Waals surface area (Å²) >= 11 is 1.62. The van der Waals surface area contributed by atoms with Crippen molar-refractivity contribution in [3.05, 3.63) is 51.5 Å². The molecule has 0 amide bonds. The molecule has 0 aliphatic heterocycles. The molecule has 0 spiro atoms. The Morgan fingerprint density at radius 1 is 1.24 bits per heavy atom. The van der Waals surface area contributed by atoms with E-state index in [-0.39, 0.29) is 41.8 Å². The molecular formula is C16H19F3IN3OS. The van der Waals surface area contributed by atoms with Crippen molar-refractivity contribution in [2.75, 3.05) is 7.05 Å². The van der Waals surface area contributed by atoms with Gasteiger partial charge in [-0.05, 0) is 36.1 Å². The van der Waals surface area contributed by atoms with Crippen LogP contribution in [0.1, 0.15) is 16.0 Å². The number of halogens is 4. The van der Waals surface area contributed by atoms with E-state index in [0.29, 0.717) is 12.5 Å². The number of hydrogen-bond acceptors (Lipinski definition) is 3. The van der Waals surface area contributed by atoms with Crippen LogP contribution < -0.4 is 15.4 Å². The topological polar surface area (TPSA) is 45.7 Å². The van der Waals surface area contributed by atoms with Gasteiger partial charge in [-0.3, -0.25) is 4.99 Å². The van der Waals surface area contributed by atoms with Gasteiger partial charge in [0.2, 0.25) is 0 Å². The number of nitrogens with one attached hydrogen (secondary N) is 2. The van der Waals surface area contributed by atoms with Gasteiger partial charge in [-0.2, -0.15) is 8.78 Å². The van der Waals surface area contributed by atoms with Gasteiger partial charge >= 0.3 is 6.61 Å². The number of ether oxygens (including phenoxy) is 1. The predicted octanol–water partition coefficient (Wildman–Crippen LogP) is 4.28. The van der Waals surface area contributed by atoms with Crippen LogP contribution in [0, 0.1) is 12.7 Å². The van der Waals surface area contributed by atoms with Crippen molar-refractivity contribution in [1.29, 1.82) is 0 Å². The van der Waals surface area contributed by atoms with Crippen molar-refractivity contribution in [3.8, 4) is 5.75 Å². The van der Waals surface area contributed by atoms with E-state index in [0.717, 1.165) is 4.88 Å². The smallest absolute Gasteiger partial charge is 0.387 e. The largest absolute Gasteiger partial charge is 0.434 e. The molecule has 0 aliphatic carbocycles. The van der Waals surface area contributed by atoms with Crippen molar-refractivity contribution in [2.45, 2.75) is 26.6 Å². The molecule has 0 saturated carbocycles. The summed E-state index contributed by atoms with van der Waals surface area (Å²) in [5, 5.41) is 8.00. The number of aliphatic imine (C=N–C) groups is 1. The van der Waals surface area contributed by atoms with Crippen molar-refractivity contribution >= 4 is 41.3 Å². The lowest BCUT2D eigenvalue weighted by molar-refractivity contribution is -0.0506. The summed E-state index contributed by atoms with van der Waals surface area (Å²) in [7, 11) is 1.58. The molecule has 2 aromatic rings. The highest BCUT2D eigenvalue weighted by molar-refractivity contribution is 14.0. The zero-order valence-electron chi connectivity index (χ0n) is 13.7. The molecule has 0 saturated heterocycles. The van der Waals surface area contributed by atoms with Crippen molar-refractivity contribution in [1.82, 2.24) is 10.6 Å². The van der Waals surface area contributed by atoms with Gasteiger partial charge in [0.05, 0.1) is 6.54 Å². The molecule has 0 atom stereocenters. The Morgan fingerprint density at radius 3 is 2.56 bits per heavy atom. The quantitative estimate of drug-likeness (QED) is 0.365. The third-order valence-electron chi connectivity index (χ3n) is 3.33. The number of guanidine groups is 1. The van der Waals surface area contributed by atoms with Crippen LogP contribution in [0.2, 0.25) is 0 Å². The molecule has 1 aromatic carbocycles. The third kappa shape index (κ3) is 6.38. The highest BCUT2D eigenvalue weighted by Gasteiger charge is 2.14. The van der Waals surface area contributed by atoms with Crippen LogP contribution >= 0.6 is 35.3 Å². The number of aryl methyl sites for hydroxylation is 1. The third-order valence-corrected chi connectivity index (χ3v) is 4.36. The van der Waals surface area contributed by atoms with E-state index in [2.05, 4.69) is 20.4 Å². The number of benzene rings is 1.